The number of nitrogens with zero attached hydrogens (tertiary/aromatic N) is 3. The number of aromatic nitrogens is 2. The van der Waals surface area contributed by atoms with Crippen molar-refractivity contribution in [3.63, 3.8) is 0 Å². The fraction of sp³-hybridized carbons (Fsp3) is 0.727. The molecule has 0 radical (unpaired) electrons. The minimum Gasteiger partial charge on any atom is -0.389 e. The van der Waals surface area contributed by atoms with Crippen LogP contribution in [-0.2, 0) is 6.54 Å². The Bertz CT molecular complexity index is 348. The number of hydrogen-bond donors (Lipinski definition) is 2. The summed E-state index contributed by atoms with van der Waals surface area (Å²) >= 11 is 0. The summed E-state index contributed by atoms with van der Waals surface area (Å²) in [5, 5.41) is 14.1. The fourth-order valence-electron chi connectivity index (χ4n) is 2.26. The summed E-state index contributed by atoms with van der Waals surface area (Å²) in [4.78, 5) is 2.28. The molecule has 1 atom stereocenters. The van der Waals surface area contributed by atoms with Crippen LogP contribution in [0.15, 0.2) is 12.3 Å². The molecule has 0 saturated carbocycles. The van der Waals surface area contributed by atoms with Gasteiger partial charge in [0.2, 0.25) is 0 Å². The molecule has 1 unspecified atom stereocenters. The van der Waals surface area contributed by atoms with Crippen LogP contribution >= 0.6 is 0 Å². The minimum absolute atomic E-state index is 0.526. The van der Waals surface area contributed by atoms with Crippen molar-refractivity contribution >= 4 is 5.82 Å². The quantitative estimate of drug-likeness (QED) is 0.775. The molecule has 2 rings (SSSR count). The molecule has 0 amide bonds. The van der Waals surface area contributed by atoms with Gasteiger partial charge in [0.25, 0.3) is 0 Å². The maximum Gasteiger partial charge on any atom is 0.145 e. The summed E-state index contributed by atoms with van der Waals surface area (Å²) in [6.07, 6.45) is 3.85. The fourth-order valence-corrected chi connectivity index (χ4v) is 2.26. The van der Waals surface area contributed by atoms with Gasteiger partial charge in [-0.15, -0.1) is 0 Å². The molecule has 5 heteroatoms. The van der Waals surface area contributed by atoms with E-state index in [4.69, 9.17) is 5.73 Å². The van der Waals surface area contributed by atoms with Crippen molar-refractivity contribution in [1.29, 1.82) is 0 Å². The van der Waals surface area contributed by atoms with Gasteiger partial charge in [0.15, 0.2) is 0 Å². The molecule has 0 bridgehead atoms. The molecule has 1 fully saturated rings. The van der Waals surface area contributed by atoms with E-state index in [0.29, 0.717) is 5.82 Å². The Morgan fingerprint density at radius 2 is 2.38 bits per heavy atom. The third-order valence-electron chi connectivity index (χ3n) is 3.06. The topological polar surface area (TPSA) is 67.3 Å². The zero-order chi connectivity index (χ0) is 11.6. The summed E-state index contributed by atoms with van der Waals surface area (Å²) in [6, 6.07) is 1.80. The van der Waals surface area contributed by atoms with Crippen molar-refractivity contribution in [3.8, 4) is 0 Å². The predicted octanol–water partition coefficient (Wildman–Crippen LogP) is 0.312. The molecular formula is C11H20N4O. The number of nitrogen functional groups attached to an aromatic ring is 1. The molecule has 2 heterocycles. The van der Waals surface area contributed by atoms with E-state index in [2.05, 4.69) is 10.00 Å². The van der Waals surface area contributed by atoms with Gasteiger partial charge in [0.1, 0.15) is 5.82 Å². The zero-order valence-electron chi connectivity index (χ0n) is 9.76. The number of anilines is 1. The third-order valence-corrected chi connectivity index (χ3v) is 3.06. The first-order valence-electron chi connectivity index (χ1n) is 5.79. The average Bonchev–Trinajstić information content (AvgIpc) is 2.60. The van der Waals surface area contributed by atoms with Crippen molar-refractivity contribution < 1.29 is 5.11 Å². The van der Waals surface area contributed by atoms with E-state index < -0.39 is 5.60 Å². The molecule has 1 aliphatic rings. The van der Waals surface area contributed by atoms with Gasteiger partial charge >= 0.3 is 0 Å². The second-order valence-electron chi connectivity index (χ2n) is 4.88. The van der Waals surface area contributed by atoms with Crippen molar-refractivity contribution in [3.05, 3.63) is 12.3 Å². The van der Waals surface area contributed by atoms with E-state index in [9.17, 15) is 5.11 Å². The second-order valence-corrected chi connectivity index (χ2v) is 4.88. The summed E-state index contributed by atoms with van der Waals surface area (Å²) in [5.74, 6) is 0.561. The maximum atomic E-state index is 9.96. The zero-order valence-corrected chi connectivity index (χ0v) is 9.76. The number of hydrogen-bond acceptors (Lipinski definition) is 4. The van der Waals surface area contributed by atoms with E-state index in [0.717, 1.165) is 39.0 Å². The largest absolute Gasteiger partial charge is 0.389 e. The van der Waals surface area contributed by atoms with E-state index >= 15 is 0 Å². The molecule has 3 N–H and O–H groups in total. The Labute approximate surface area is 95.8 Å². The van der Waals surface area contributed by atoms with Crippen LogP contribution < -0.4 is 5.73 Å². The summed E-state index contributed by atoms with van der Waals surface area (Å²) in [7, 11) is 0. The first kappa shape index (κ1) is 11.4. The number of aliphatic hydroxyl groups is 1. The first-order chi connectivity index (χ1) is 7.55. The maximum absolute atomic E-state index is 9.96. The number of piperidine rings is 1. The van der Waals surface area contributed by atoms with E-state index in [1.165, 1.54) is 0 Å². The standard InChI is InChI=1S/C11H20N4O/c1-11(16)4-2-5-14(9-11)7-8-15-6-3-10(12)13-15/h3,6,16H,2,4-5,7-9H2,1H3,(H2,12,13). The van der Waals surface area contributed by atoms with Gasteiger partial charge in [-0.2, -0.15) is 5.10 Å². The van der Waals surface area contributed by atoms with E-state index in [1.807, 2.05) is 17.8 Å². The van der Waals surface area contributed by atoms with Crippen molar-refractivity contribution in [2.24, 2.45) is 0 Å². The molecule has 1 aromatic heterocycles. The monoisotopic (exact) mass is 224 g/mol. The number of likely N-dealkylation sites (tertiary alicyclic amines) is 1. The highest BCUT2D eigenvalue weighted by atomic mass is 16.3. The summed E-state index contributed by atoms with van der Waals surface area (Å²) in [6.45, 7) is 5.46. The molecule has 0 spiro atoms. The summed E-state index contributed by atoms with van der Waals surface area (Å²) in [5.41, 5.74) is 5.02. The van der Waals surface area contributed by atoms with Crippen LogP contribution in [0.2, 0.25) is 0 Å². The van der Waals surface area contributed by atoms with Gasteiger partial charge in [0, 0.05) is 19.3 Å². The second kappa shape index (κ2) is 4.43. The lowest BCUT2D eigenvalue weighted by Gasteiger charge is -2.36. The highest BCUT2D eigenvalue weighted by molar-refractivity contribution is 5.23. The van der Waals surface area contributed by atoms with Crippen LogP contribution in [0.4, 0.5) is 5.82 Å². The molecule has 0 aromatic carbocycles. The van der Waals surface area contributed by atoms with Crippen molar-refractivity contribution in [2.75, 3.05) is 25.4 Å². The van der Waals surface area contributed by atoms with E-state index in [-0.39, 0.29) is 0 Å². The molecule has 0 aliphatic carbocycles. The lowest BCUT2D eigenvalue weighted by molar-refractivity contribution is -0.0165. The van der Waals surface area contributed by atoms with Crippen LogP contribution in [0.3, 0.4) is 0 Å². The lowest BCUT2D eigenvalue weighted by Crippen LogP contribution is -2.46. The van der Waals surface area contributed by atoms with Gasteiger partial charge < -0.3 is 10.8 Å². The minimum atomic E-state index is -0.526. The highest BCUT2D eigenvalue weighted by Gasteiger charge is 2.27. The Kier molecular flexibility index (Phi) is 3.16. The molecule has 1 aliphatic heterocycles. The normalized spacial score (nSPS) is 27.1. The van der Waals surface area contributed by atoms with E-state index in [1.54, 1.807) is 6.07 Å². The van der Waals surface area contributed by atoms with Crippen LogP contribution in [0.5, 0.6) is 0 Å². The Morgan fingerprint density at radius 1 is 1.56 bits per heavy atom. The van der Waals surface area contributed by atoms with Crippen LogP contribution in [0.25, 0.3) is 0 Å². The smallest absolute Gasteiger partial charge is 0.145 e. The number of rotatable bonds is 3. The Hall–Kier alpha value is -1.07. The van der Waals surface area contributed by atoms with Gasteiger partial charge in [-0.05, 0) is 32.4 Å². The van der Waals surface area contributed by atoms with Gasteiger partial charge in [0.05, 0.1) is 12.1 Å². The summed E-state index contributed by atoms with van der Waals surface area (Å²) < 4.78 is 1.85. The predicted molar refractivity (Wildman–Crippen MR) is 62.9 cm³/mol. The number of nitrogens with two attached hydrogens (primary N) is 1. The van der Waals surface area contributed by atoms with Gasteiger partial charge in [-0.1, -0.05) is 0 Å². The molecular weight excluding hydrogens is 204 g/mol. The first-order valence-corrected chi connectivity index (χ1v) is 5.79. The molecule has 16 heavy (non-hydrogen) atoms. The highest BCUT2D eigenvalue weighted by Crippen LogP contribution is 2.19. The SMILES string of the molecule is CC1(O)CCCN(CCn2ccc(N)n2)C1. The molecule has 1 aromatic rings. The lowest BCUT2D eigenvalue weighted by atomic mass is 9.95. The Morgan fingerprint density at radius 3 is 3.00 bits per heavy atom. The van der Waals surface area contributed by atoms with Crippen LogP contribution in [-0.4, -0.2) is 45.0 Å². The van der Waals surface area contributed by atoms with Crippen LogP contribution in [0.1, 0.15) is 19.8 Å². The van der Waals surface area contributed by atoms with Gasteiger partial charge in [-0.25, -0.2) is 0 Å². The van der Waals surface area contributed by atoms with Crippen molar-refractivity contribution in [2.45, 2.75) is 31.9 Å². The number of β-amino-alcohol motifs (C(OH)–C–C–N with tert-alkyl or cyclic N) is 1. The molecule has 90 valence electrons. The third kappa shape index (κ3) is 2.96. The van der Waals surface area contributed by atoms with Crippen molar-refractivity contribution in [1.82, 2.24) is 14.7 Å². The van der Waals surface area contributed by atoms with Crippen LogP contribution in [0, 0.1) is 0 Å². The Balaban J connectivity index is 1.82. The average molecular weight is 224 g/mol. The molecule has 1 saturated heterocycles. The molecule has 5 nitrogen and oxygen atoms in total. The van der Waals surface area contributed by atoms with Gasteiger partial charge in [-0.3, -0.25) is 9.58 Å².